The van der Waals surface area contributed by atoms with Crippen molar-refractivity contribution in [1.29, 1.82) is 0 Å². The molecule has 3 aromatic rings. The lowest BCUT2D eigenvalue weighted by Crippen LogP contribution is -2.38. The number of carbonyl (C=O) groups excluding carboxylic acids is 1. The van der Waals surface area contributed by atoms with Crippen LogP contribution in [-0.4, -0.2) is 38.8 Å². The Kier molecular flexibility index (Phi) is 7.84. The summed E-state index contributed by atoms with van der Waals surface area (Å²) in [6, 6.07) is 14.6. The smallest absolute Gasteiger partial charge is 0.291 e. The summed E-state index contributed by atoms with van der Waals surface area (Å²) < 4.78 is 33.7. The number of halogens is 1. The number of benzene rings is 2. The number of anilines is 2. The first-order valence-corrected chi connectivity index (χ1v) is 12.4. The molecule has 1 N–H and O–H groups in total. The largest absolute Gasteiger partial charge is 0.459 e. The average Bonchev–Trinajstić information content (AvgIpc) is 3.32. The minimum atomic E-state index is -3.82. The van der Waals surface area contributed by atoms with Gasteiger partial charge in [-0.2, -0.15) is 4.31 Å². The number of carbonyl (C=O) groups is 1. The summed E-state index contributed by atoms with van der Waals surface area (Å²) in [6.07, 6.45) is 2.06. The molecule has 0 radical (unpaired) electrons. The second kappa shape index (κ2) is 10.4. The minimum absolute atomic E-state index is 0.127. The standard InChI is InChI=1S/C24H28ClN3O4S/c1-5-17(2)28(33(30,31)21-9-6-8-19(25)15-21)16-18-14-20(11-12-22(18)27(3)4)26-24(29)23-10-7-13-32-23/h6-15,17H,5,16H2,1-4H3,(H,26,29)/t17-/m0/s1. The number of nitrogens with zero attached hydrogens (tertiary/aromatic N) is 2. The van der Waals surface area contributed by atoms with Gasteiger partial charge in [-0.05, 0) is 67.4 Å². The van der Waals surface area contributed by atoms with E-state index >= 15 is 0 Å². The Morgan fingerprint density at radius 1 is 1.12 bits per heavy atom. The summed E-state index contributed by atoms with van der Waals surface area (Å²) >= 11 is 6.07. The highest BCUT2D eigenvalue weighted by molar-refractivity contribution is 7.89. The van der Waals surface area contributed by atoms with Crippen molar-refractivity contribution in [1.82, 2.24) is 4.31 Å². The molecule has 0 aliphatic heterocycles. The molecular weight excluding hydrogens is 462 g/mol. The summed E-state index contributed by atoms with van der Waals surface area (Å²) in [4.78, 5) is 14.5. The lowest BCUT2D eigenvalue weighted by atomic mass is 10.1. The van der Waals surface area contributed by atoms with Crippen LogP contribution in [0, 0.1) is 0 Å². The molecule has 0 unspecified atom stereocenters. The SMILES string of the molecule is CC[C@H](C)N(Cc1cc(NC(=O)c2ccco2)ccc1N(C)C)S(=O)(=O)c1cccc(Cl)c1. The fourth-order valence-corrected chi connectivity index (χ4v) is 5.42. The fraction of sp³-hybridized carbons (Fsp3) is 0.292. The zero-order valence-electron chi connectivity index (χ0n) is 19.1. The number of amides is 1. The molecule has 3 rings (SSSR count). The number of hydrogen-bond donors (Lipinski definition) is 1. The van der Waals surface area contributed by atoms with Crippen molar-refractivity contribution in [3.8, 4) is 0 Å². The zero-order valence-corrected chi connectivity index (χ0v) is 20.7. The van der Waals surface area contributed by atoms with Gasteiger partial charge in [0.05, 0.1) is 11.2 Å². The van der Waals surface area contributed by atoms with Gasteiger partial charge < -0.3 is 14.6 Å². The quantitative estimate of drug-likeness (QED) is 0.444. The number of furan rings is 1. The summed E-state index contributed by atoms with van der Waals surface area (Å²) in [5, 5.41) is 3.17. The summed E-state index contributed by atoms with van der Waals surface area (Å²) in [5.41, 5.74) is 2.14. The second-order valence-corrected chi connectivity index (χ2v) is 10.3. The minimum Gasteiger partial charge on any atom is -0.459 e. The molecule has 7 nitrogen and oxygen atoms in total. The van der Waals surface area contributed by atoms with Crippen LogP contribution in [0.15, 0.2) is 70.2 Å². The van der Waals surface area contributed by atoms with Gasteiger partial charge in [0.25, 0.3) is 5.91 Å². The molecule has 33 heavy (non-hydrogen) atoms. The molecule has 0 aliphatic carbocycles. The highest BCUT2D eigenvalue weighted by Gasteiger charge is 2.29. The van der Waals surface area contributed by atoms with Gasteiger partial charge in [-0.1, -0.05) is 24.6 Å². The third-order valence-electron chi connectivity index (χ3n) is 5.38. The van der Waals surface area contributed by atoms with Crippen molar-refractivity contribution in [2.45, 2.75) is 37.8 Å². The third-order valence-corrected chi connectivity index (χ3v) is 7.57. The molecule has 1 amide bonds. The molecule has 0 saturated carbocycles. The molecule has 176 valence electrons. The zero-order chi connectivity index (χ0) is 24.2. The van der Waals surface area contributed by atoms with E-state index < -0.39 is 10.0 Å². The van der Waals surface area contributed by atoms with Gasteiger partial charge in [0.1, 0.15) is 0 Å². The van der Waals surface area contributed by atoms with Gasteiger partial charge in [-0.15, -0.1) is 0 Å². The van der Waals surface area contributed by atoms with E-state index in [2.05, 4.69) is 5.32 Å². The van der Waals surface area contributed by atoms with Crippen LogP contribution in [0.3, 0.4) is 0 Å². The van der Waals surface area contributed by atoms with E-state index in [9.17, 15) is 13.2 Å². The van der Waals surface area contributed by atoms with Gasteiger partial charge in [0.2, 0.25) is 10.0 Å². The second-order valence-electron chi connectivity index (χ2n) is 7.93. The Balaban J connectivity index is 1.99. The Hall–Kier alpha value is -2.81. The van der Waals surface area contributed by atoms with E-state index in [4.69, 9.17) is 16.0 Å². The highest BCUT2D eigenvalue weighted by Crippen LogP contribution is 2.29. The maximum Gasteiger partial charge on any atom is 0.291 e. The lowest BCUT2D eigenvalue weighted by Gasteiger charge is -2.30. The maximum atomic E-state index is 13.6. The van der Waals surface area contributed by atoms with E-state index in [0.717, 1.165) is 11.3 Å². The number of nitrogens with one attached hydrogen (secondary N) is 1. The topological polar surface area (TPSA) is 82.9 Å². The van der Waals surface area contributed by atoms with Crippen LogP contribution in [0.2, 0.25) is 5.02 Å². The normalized spacial score (nSPS) is 12.5. The van der Waals surface area contributed by atoms with E-state index in [-0.39, 0.29) is 29.1 Å². The van der Waals surface area contributed by atoms with Crippen LogP contribution in [0.4, 0.5) is 11.4 Å². The van der Waals surface area contributed by atoms with E-state index in [1.165, 1.54) is 16.6 Å². The molecule has 0 bridgehead atoms. The van der Waals surface area contributed by atoms with Crippen molar-refractivity contribution >= 4 is 38.9 Å². The number of hydrogen-bond acceptors (Lipinski definition) is 5. The predicted octanol–water partition coefficient (Wildman–Crippen LogP) is 5.24. The van der Waals surface area contributed by atoms with Gasteiger partial charge in [-0.3, -0.25) is 4.79 Å². The molecule has 9 heteroatoms. The summed E-state index contributed by atoms with van der Waals surface area (Å²) in [7, 11) is -0.0431. The lowest BCUT2D eigenvalue weighted by molar-refractivity contribution is 0.0996. The Bertz CT molecular complexity index is 1210. The molecule has 0 fully saturated rings. The van der Waals surface area contributed by atoms with Crippen molar-refractivity contribution in [2.24, 2.45) is 0 Å². The molecule has 0 aliphatic rings. The first-order valence-electron chi connectivity index (χ1n) is 10.6. The molecule has 1 heterocycles. The molecule has 0 saturated heterocycles. The first kappa shape index (κ1) is 24.8. The molecular formula is C24H28ClN3O4S. The maximum absolute atomic E-state index is 13.6. The van der Waals surface area contributed by atoms with Crippen LogP contribution >= 0.6 is 11.6 Å². The number of sulfonamides is 1. The highest BCUT2D eigenvalue weighted by atomic mass is 35.5. The van der Waals surface area contributed by atoms with Crippen LogP contribution in [0.25, 0.3) is 0 Å². The first-order chi connectivity index (χ1) is 15.6. The van der Waals surface area contributed by atoms with Crippen molar-refractivity contribution in [3.05, 3.63) is 77.2 Å². The Morgan fingerprint density at radius 3 is 2.48 bits per heavy atom. The summed E-state index contributed by atoms with van der Waals surface area (Å²) in [6.45, 7) is 3.94. The Labute approximate surface area is 200 Å². The average molecular weight is 490 g/mol. The molecule has 1 aromatic heterocycles. The molecule has 1 atom stereocenters. The van der Waals surface area contributed by atoms with Crippen molar-refractivity contribution in [3.63, 3.8) is 0 Å². The third kappa shape index (κ3) is 5.76. The van der Waals surface area contributed by atoms with Gasteiger partial charge in [0.15, 0.2) is 5.76 Å². The van der Waals surface area contributed by atoms with Crippen LogP contribution in [-0.2, 0) is 16.6 Å². The molecule has 2 aromatic carbocycles. The monoisotopic (exact) mass is 489 g/mol. The van der Waals surface area contributed by atoms with E-state index in [1.807, 2.05) is 38.9 Å². The van der Waals surface area contributed by atoms with Crippen LogP contribution in [0.5, 0.6) is 0 Å². The van der Waals surface area contributed by atoms with Gasteiger partial charge in [0, 0.05) is 43.1 Å². The molecule has 0 spiro atoms. The van der Waals surface area contributed by atoms with Crippen molar-refractivity contribution < 1.29 is 17.6 Å². The summed E-state index contributed by atoms with van der Waals surface area (Å²) in [5.74, 6) is -0.188. The van der Waals surface area contributed by atoms with Gasteiger partial charge >= 0.3 is 0 Å². The van der Waals surface area contributed by atoms with Crippen LogP contribution < -0.4 is 10.2 Å². The van der Waals surface area contributed by atoms with E-state index in [0.29, 0.717) is 17.1 Å². The van der Waals surface area contributed by atoms with Gasteiger partial charge in [-0.25, -0.2) is 8.42 Å². The predicted molar refractivity (Wildman–Crippen MR) is 131 cm³/mol. The van der Waals surface area contributed by atoms with Crippen molar-refractivity contribution in [2.75, 3.05) is 24.3 Å². The number of rotatable bonds is 9. The Morgan fingerprint density at radius 2 is 1.88 bits per heavy atom. The fourth-order valence-electron chi connectivity index (χ4n) is 3.44. The van der Waals surface area contributed by atoms with E-state index in [1.54, 1.807) is 42.5 Å². The van der Waals surface area contributed by atoms with Crippen LogP contribution in [0.1, 0.15) is 36.4 Å².